The standard InChI is InChI=1S/C21H38N10O5S/c22-6-2-1-4-15(20(35)36)30-18(33)14(5-3-7-27-21(24)25)29-19(34)16(10-37)31-17(32)13(23)8-12-9-26-11-28-12/h9,11,13-16,37H,1-8,10,22-23H2,(H,26,28)(H,29,34)(H,30,33)(H,31,32)(H,35,36)(H4,24,25,27). The number of nitrogens with one attached hydrogen (secondary N) is 4. The van der Waals surface area contributed by atoms with Crippen molar-refractivity contribution in [1.82, 2.24) is 25.9 Å². The quantitative estimate of drug-likeness (QED) is 0.0387. The van der Waals surface area contributed by atoms with E-state index in [9.17, 15) is 24.3 Å². The summed E-state index contributed by atoms with van der Waals surface area (Å²) in [6, 6.07) is -4.33. The minimum absolute atomic E-state index is 0.0759. The molecule has 3 amide bonds. The number of amides is 3. The Morgan fingerprint density at radius 2 is 1.62 bits per heavy atom. The van der Waals surface area contributed by atoms with Crippen LogP contribution in [0.5, 0.6) is 0 Å². The summed E-state index contributed by atoms with van der Waals surface area (Å²) in [4.78, 5) is 60.5. The van der Waals surface area contributed by atoms with Gasteiger partial charge in [0.1, 0.15) is 18.1 Å². The second-order valence-electron chi connectivity index (χ2n) is 8.33. The molecule has 0 aliphatic rings. The summed E-state index contributed by atoms with van der Waals surface area (Å²) in [7, 11) is 0. The molecule has 0 saturated heterocycles. The van der Waals surface area contributed by atoms with Gasteiger partial charge in [-0.3, -0.25) is 19.4 Å². The lowest BCUT2D eigenvalue weighted by Crippen LogP contribution is -2.57. The van der Waals surface area contributed by atoms with Crippen LogP contribution in [0.1, 0.15) is 37.8 Å². The average Bonchev–Trinajstić information content (AvgIpc) is 3.36. The highest BCUT2D eigenvalue weighted by molar-refractivity contribution is 7.80. The molecule has 4 atom stereocenters. The number of unbranched alkanes of at least 4 members (excludes halogenated alkanes) is 1. The van der Waals surface area contributed by atoms with Crippen LogP contribution in [0.15, 0.2) is 17.5 Å². The van der Waals surface area contributed by atoms with Crippen molar-refractivity contribution in [3.63, 3.8) is 0 Å². The molecule has 1 aromatic heterocycles. The maximum atomic E-state index is 12.9. The van der Waals surface area contributed by atoms with Gasteiger partial charge < -0.3 is 49.0 Å². The number of hydrogen-bond donors (Lipinski definition) is 10. The fraction of sp³-hybridized carbons (Fsp3) is 0.619. The molecule has 1 rings (SSSR count). The predicted octanol–water partition coefficient (Wildman–Crippen LogP) is -3.07. The van der Waals surface area contributed by atoms with Gasteiger partial charge >= 0.3 is 5.97 Å². The summed E-state index contributed by atoms with van der Waals surface area (Å²) in [6.45, 7) is 0.585. The van der Waals surface area contributed by atoms with E-state index < -0.39 is 47.9 Å². The molecule has 0 fully saturated rings. The van der Waals surface area contributed by atoms with Gasteiger partial charge in [0.25, 0.3) is 0 Å². The summed E-state index contributed by atoms with van der Waals surface area (Å²) >= 11 is 4.13. The lowest BCUT2D eigenvalue weighted by atomic mass is 10.1. The first-order valence-corrected chi connectivity index (χ1v) is 12.4. The summed E-state index contributed by atoms with van der Waals surface area (Å²) in [5.41, 5.74) is 22.7. The molecule has 0 spiro atoms. The summed E-state index contributed by atoms with van der Waals surface area (Å²) in [5, 5.41) is 17.0. The largest absolute Gasteiger partial charge is 0.480 e. The van der Waals surface area contributed by atoms with E-state index in [1.165, 1.54) is 12.5 Å². The number of rotatable bonds is 18. The van der Waals surface area contributed by atoms with E-state index in [-0.39, 0.29) is 37.5 Å². The number of carboxylic acids is 1. The number of thiol groups is 1. The van der Waals surface area contributed by atoms with E-state index in [4.69, 9.17) is 22.9 Å². The minimum Gasteiger partial charge on any atom is -0.480 e. The van der Waals surface area contributed by atoms with Gasteiger partial charge in [-0.2, -0.15) is 12.6 Å². The maximum Gasteiger partial charge on any atom is 0.326 e. The highest BCUT2D eigenvalue weighted by Crippen LogP contribution is 2.06. The molecule has 208 valence electrons. The van der Waals surface area contributed by atoms with Gasteiger partial charge in [0.05, 0.1) is 12.4 Å². The number of aliphatic imine (C=N–C) groups is 1. The zero-order chi connectivity index (χ0) is 27.8. The van der Waals surface area contributed by atoms with Gasteiger partial charge in [-0.15, -0.1) is 0 Å². The number of aromatic nitrogens is 2. The Labute approximate surface area is 220 Å². The van der Waals surface area contributed by atoms with Crippen LogP contribution in [-0.2, 0) is 25.6 Å². The van der Waals surface area contributed by atoms with Crippen molar-refractivity contribution in [3.05, 3.63) is 18.2 Å². The fourth-order valence-corrected chi connectivity index (χ4v) is 3.52. The van der Waals surface area contributed by atoms with Crippen LogP contribution in [-0.4, -0.2) is 87.7 Å². The first kappa shape index (κ1) is 31.7. The van der Waals surface area contributed by atoms with Crippen LogP contribution < -0.4 is 38.9 Å². The lowest BCUT2D eigenvalue weighted by Gasteiger charge is -2.24. The van der Waals surface area contributed by atoms with Gasteiger partial charge in [-0.1, -0.05) is 0 Å². The molecule has 1 aromatic rings. The second kappa shape index (κ2) is 17.1. The molecule has 4 unspecified atom stereocenters. The number of carbonyl (C=O) groups is 4. The maximum absolute atomic E-state index is 12.9. The van der Waals surface area contributed by atoms with Crippen molar-refractivity contribution < 1.29 is 24.3 Å². The van der Waals surface area contributed by atoms with Crippen molar-refractivity contribution >= 4 is 42.3 Å². The zero-order valence-corrected chi connectivity index (χ0v) is 21.5. The number of carboxylic acid groups (broad SMARTS) is 1. The van der Waals surface area contributed by atoms with Crippen LogP contribution in [0.2, 0.25) is 0 Å². The number of nitrogens with two attached hydrogens (primary N) is 4. The monoisotopic (exact) mass is 542 g/mol. The molecule has 16 heteroatoms. The molecule has 0 aromatic carbocycles. The number of hydrogen-bond acceptors (Lipinski definition) is 9. The number of aromatic amines is 1. The van der Waals surface area contributed by atoms with Crippen LogP contribution >= 0.6 is 12.6 Å². The highest BCUT2D eigenvalue weighted by Gasteiger charge is 2.29. The highest BCUT2D eigenvalue weighted by atomic mass is 32.1. The molecular formula is C21H38N10O5S. The Hall–Kier alpha value is -3.37. The van der Waals surface area contributed by atoms with Crippen LogP contribution in [0, 0.1) is 0 Å². The van der Waals surface area contributed by atoms with Crippen LogP contribution in [0.4, 0.5) is 0 Å². The Morgan fingerprint density at radius 1 is 1.00 bits per heavy atom. The SMILES string of the molecule is NCCCCC(NC(=O)C(CCCN=C(N)N)NC(=O)C(CS)NC(=O)C(N)Cc1cnc[nH]1)C(=O)O. The molecule has 37 heavy (non-hydrogen) atoms. The number of imidazole rings is 1. The normalized spacial score (nSPS) is 14.0. The van der Waals surface area contributed by atoms with Crippen molar-refractivity contribution in [2.75, 3.05) is 18.8 Å². The molecule has 0 bridgehead atoms. The molecule has 1 heterocycles. The second-order valence-corrected chi connectivity index (χ2v) is 8.69. The lowest BCUT2D eigenvalue weighted by molar-refractivity contribution is -0.142. The van der Waals surface area contributed by atoms with E-state index in [1.54, 1.807) is 0 Å². The number of carbonyl (C=O) groups excluding carboxylic acids is 3. The van der Waals surface area contributed by atoms with Gasteiger partial charge in [0, 0.05) is 30.6 Å². The van der Waals surface area contributed by atoms with Crippen molar-refractivity contribution in [1.29, 1.82) is 0 Å². The molecule has 15 nitrogen and oxygen atoms in total. The van der Waals surface area contributed by atoms with E-state index in [2.05, 4.69) is 43.5 Å². The summed E-state index contributed by atoms with van der Waals surface area (Å²) in [5.74, 6) is -3.38. The van der Waals surface area contributed by atoms with E-state index in [0.717, 1.165) is 0 Å². The van der Waals surface area contributed by atoms with Crippen molar-refractivity contribution in [2.45, 2.75) is 62.7 Å². The fourth-order valence-electron chi connectivity index (χ4n) is 3.27. The predicted molar refractivity (Wildman–Crippen MR) is 140 cm³/mol. The molecule has 0 aliphatic carbocycles. The summed E-state index contributed by atoms with van der Waals surface area (Å²) in [6.07, 6.45) is 4.85. The Morgan fingerprint density at radius 3 is 2.19 bits per heavy atom. The van der Waals surface area contributed by atoms with Gasteiger partial charge in [-0.05, 0) is 38.6 Å². The van der Waals surface area contributed by atoms with E-state index in [0.29, 0.717) is 31.5 Å². The number of guanidine groups is 1. The van der Waals surface area contributed by atoms with Gasteiger partial charge in [0.2, 0.25) is 17.7 Å². The van der Waals surface area contributed by atoms with Gasteiger partial charge in [0.15, 0.2) is 5.96 Å². The molecule has 0 aliphatic heterocycles. The molecule has 0 saturated carbocycles. The van der Waals surface area contributed by atoms with Crippen molar-refractivity contribution in [3.8, 4) is 0 Å². The minimum atomic E-state index is -1.21. The molecular weight excluding hydrogens is 504 g/mol. The average molecular weight is 543 g/mol. The topological polar surface area (TPSA) is 270 Å². The summed E-state index contributed by atoms with van der Waals surface area (Å²) < 4.78 is 0. The van der Waals surface area contributed by atoms with Crippen molar-refractivity contribution in [2.24, 2.45) is 27.9 Å². The van der Waals surface area contributed by atoms with E-state index in [1.807, 2.05) is 0 Å². The third-order valence-corrected chi connectivity index (χ3v) is 5.65. The van der Waals surface area contributed by atoms with E-state index >= 15 is 0 Å². The number of H-pyrrole nitrogens is 1. The smallest absolute Gasteiger partial charge is 0.326 e. The Kier molecular flexibility index (Phi) is 14.7. The third-order valence-electron chi connectivity index (χ3n) is 5.29. The first-order valence-electron chi connectivity index (χ1n) is 11.8. The molecule has 13 N–H and O–H groups in total. The van der Waals surface area contributed by atoms with Crippen LogP contribution in [0.3, 0.4) is 0 Å². The number of nitrogens with zero attached hydrogens (tertiary/aromatic N) is 2. The Bertz CT molecular complexity index is 894. The first-order chi connectivity index (χ1) is 17.6. The van der Waals surface area contributed by atoms with Gasteiger partial charge in [-0.25, -0.2) is 9.78 Å². The number of aliphatic carboxylic acids is 1. The van der Waals surface area contributed by atoms with Crippen LogP contribution in [0.25, 0.3) is 0 Å². The Balaban J connectivity index is 2.86. The third kappa shape index (κ3) is 12.4. The molecule has 0 radical (unpaired) electrons. The zero-order valence-electron chi connectivity index (χ0n) is 20.6.